The first kappa shape index (κ1) is 18.3. The molecule has 0 aliphatic heterocycles. The first-order valence-electron chi connectivity index (χ1n) is 8.08. The van der Waals surface area contributed by atoms with Crippen molar-refractivity contribution in [1.29, 1.82) is 0 Å². The number of carbonyl (C=O) groups excluding carboxylic acids is 2. The van der Waals surface area contributed by atoms with Gasteiger partial charge < -0.3 is 5.32 Å². The van der Waals surface area contributed by atoms with Crippen LogP contribution in [0.4, 0.5) is 5.13 Å². The van der Waals surface area contributed by atoms with Gasteiger partial charge in [-0.2, -0.15) is 0 Å². The zero-order valence-electron chi connectivity index (χ0n) is 14.5. The molecule has 24 heavy (non-hydrogen) atoms. The minimum atomic E-state index is -0.209. The highest BCUT2D eigenvalue weighted by Crippen LogP contribution is 2.19. The average Bonchev–Trinajstić information content (AvgIpc) is 2.93. The van der Waals surface area contributed by atoms with Crippen LogP contribution in [0.2, 0.25) is 0 Å². The van der Waals surface area contributed by atoms with Gasteiger partial charge in [-0.3, -0.25) is 9.59 Å². The minimum absolute atomic E-state index is 0.0222. The molecule has 0 atom stereocenters. The van der Waals surface area contributed by atoms with Gasteiger partial charge in [0, 0.05) is 24.8 Å². The van der Waals surface area contributed by atoms with Crippen LogP contribution in [-0.2, 0) is 11.2 Å². The lowest BCUT2D eigenvalue weighted by molar-refractivity contribution is -0.116. The van der Waals surface area contributed by atoms with E-state index in [1.165, 1.54) is 11.3 Å². The fraction of sp³-hybridized carbons (Fsp3) is 0.444. The van der Waals surface area contributed by atoms with Gasteiger partial charge >= 0.3 is 0 Å². The molecule has 0 aliphatic rings. The molecule has 0 saturated heterocycles. The maximum atomic E-state index is 12.2. The van der Waals surface area contributed by atoms with Crippen LogP contribution in [0.3, 0.4) is 0 Å². The zero-order chi connectivity index (χ0) is 17.7. The standard InChI is InChI=1S/C18H23N3O2S/c1-11(2)9-17-20-21-18(24-17)19-16(23)8-7-15(22)14-6-5-12(3)13(4)10-14/h5-6,10-11H,7-9H2,1-4H3,(H,19,21,23). The van der Waals surface area contributed by atoms with Crippen LogP contribution >= 0.6 is 11.3 Å². The van der Waals surface area contributed by atoms with E-state index in [-0.39, 0.29) is 24.5 Å². The summed E-state index contributed by atoms with van der Waals surface area (Å²) in [5.74, 6) is 0.266. The second kappa shape index (κ2) is 8.15. The Morgan fingerprint density at radius 1 is 1.12 bits per heavy atom. The predicted molar refractivity (Wildman–Crippen MR) is 96.6 cm³/mol. The quantitative estimate of drug-likeness (QED) is 0.771. The minimum Gasteiger partial charge on any atom is -0.301 e. The third kappa shape index (κ3) is 5.23. The largest absolute Gasteiger partial charge is 0.301 e. The summed E-state index contributed by atoms with van der Waals surface area (Å²) in [4.78, 5) is 24.2. The van der Waals surface area contributed by atoms with Gasteiger partial charge in [-0.05, 0) is 37.0 Å². The van der Waals surface area contributed by atoms with Gasteiger partial charge in [0.05, 0.1) is 0 Å². The zero-order valence-corrected chi connectivity index (χ0v) is 15.4. The van der Waals surface area contributed by atoms with Crippen LogP contribution < -0.4 is 5.32 Å². The number of carbonyl (C=O) groups is 2. The van der Waals surface area contributed by atoms with Crippen molar-refractivity contribution in [3.63, 3.8) is 0 Å². The molecular weight excluding hydrogens is 322 g/mol. The SMILES string of the molecule is Cc1ccc(C(=O)CCC(=O)Nc2nnc(CC(C)C)s2)cc1C. The van der Waals surface area contributed by atoms with Gasteiger partial charge in [0.25, 0.3) is 0 Å². The summed E-state index contributed by atoms with van der Waals surface area (Å²) in [6, 6.07) is 5.62. The molecule has 128 valence electrons. The van der Waals surface area contributed by atoms with Crippen molar-refractivity contribution in [3.8, 4) is 0 Å². The third-order valence-corrected chi connectivity index (χ3v) is 4.57. The molecule has 1 heterocycles. The van der Waals surface area contributed by atoms with Crippen molar-refractivity contribution >= 4 is 28.2 Å². The molecule has 0 radical (unpaired) electrons. The van der Waals surface area contributed by atoms with Crippen molar-refractivity contribution < 1.29 is 9.59 Å². The van der Waals surface area contributed by atoms with E-state index >= 15 is 0 Å². The van der Waals surface area contributed by atoms with Crippen LogP contribution in [0, 0.1) is 19.8 Å². The van der Waals surface area contributed by atoms with Gasteiger partial charge in [-0.25, -0.2) is 0 Å². The molecule has 1 aromatic carbocycles. The Morgan fingerprint density at radius 3 is 2.54 bits per heavy atom. The van der Waals surface area contributed by atoms with E-state index in [0.717, 1.165) is 22.6 Å². The van der Waals surface area contributed by atoms with Gasteiger partial charge in [0.15, 0.2) is 5.78 Å². The van der Waals surface area contributed by atoms with Gasteiger partial charge in [0.1, 0.15) is 5.01 Å². The molecule has 1 aromatic heterocycles. The Kier molecular flexibility index (Phi) is 6.20. The Morgan fingerprint density at radius 2 is 1.88 bits per heavy atom. The molecule has 1 amide bonds. The summed E-state index contributed by atoms with van der Waals surface area (Å²) in [6.07, 6.45) is 1.18. The number of benzene rings is 1. The lowest BCUT2D eigenvalue weighted by atomic mass is 10.0. The fourth-order valence-corrected chi connectivity index (χ4v) is 3.17. The number of hydrogen-bond acceptors (Lipinski definition) is 5. The topological polar surface area (TPSA) is 72.0 Å². The lowest BCUT2D eigenvalue weighted by Gasteiger charge is -2.05. The Bertz CT molecular complexity index is 738. The van der Waals surface area contributed by atoms with E-state index in [9.17, 15) is 9.59 Å². The lowest BCUT2D eigenvalue weighted by Crippen LogP contribution is -2.13. The Balaban J connectivity index is 1.85. The van der Waals surface area contributed by atoms with E-state index in [1.807, 2.05) is 32.0 Å². The van der Waals surface area contributed by atoms with Crippen LogP contribution in [0.1, 0.15) is 53.2 Å². The molecule has 6 heteroatoms. The summed E-state index contributed by atoms with van der Waals surface area (Å²) in [6.45, 7) is 8.20. The molecule has 5 nitrogen and oxygen atoms in total. The molecule has 0 bridgehead atoms. The Labute approximate surface area is 146 Å². The Hall–Kier alpha value is -2.08. The maximum Gasteiger partial charge on any atom is 0.226 e. The molecule has 1 N–H and O–H groups in total. The summed E-state index contributed by atoms with van der Waals surface area (Å²) < 4.78 is 0. The average molecular weight is 345 g/mol. The van der Waals surface area contributed by atoms with Crippen LogP contribution in [-0.4, -0.2) is 21.9 Å². The van der Waals surface area contributed by atoms with Crippen LogP contribution in [0.25, 0.3) is 0 Å². The highest BCUT2D eigenvalue weighted by molar-refractivity contribution is 7.15. The highest BCUT2D eigenvalue weighted by atomic mass is 32.1. The molecule has 0 unspecified atom stereocenters. The molecule has 0 fully saturated rings. The van der Waals surface area contributed by atoms with E-state index in [0.29, 0.717) is 16.6 Å². The highest BCUT2D eigenvalue weighted by Gasteiger charge is 2.12. The molecular formula is C18H23N3O2S. The molecule has 0 saturated carbocycles. The van der Waals surface area contributed by atoms with Crippen molar-refractivity contribution in [2.45, 2.75) is 47.0 Å². The van der Waals surface area contributed by atoms with E-state index in [1.54, 1.807) is 0 Å². The number of aromatic nitrogens is 2. The summed E-state index contributed by atoms with van der Waals surface area (Å²) in [5, 5.41) is 12.1. The number of amides is 1. The first-order valence-corrected chi connectivity index (χ1v) is 8.89. The summed E-state index contributed by atoms with van der Waals surface area (Å²) >= 11 is 1.38. The third-order valence-electron chi connectivity index (χ3n) is 3.70. The monoisotopic (exact) mass is 345 g/mol. The fourth-order valence-electron chi connectivity index (χ4n) is 2.20. The summed E-state index contributed by atoms with van der Waals surface area (Å²) in [5.41, 5.74) is 2.88. The smallest absolute Gasteiger partial charge is 0.226 e. The second-order valence-electron chi connectivity index (χ2n) is 6.37. The second-order valence-corrected chi connectivity index (χ2v) is 7.43. The predicted octanol–water partition coefficient (Wildman–Crippen LogP) is 3.96. The number of anilines is 1. The van der Waals surface area contributed by atoms with Gasteiger partial charge in [-0.1, -0.05) is 37.3 Å². The number of rotatable bonds is 7. The number of nitrogens with one attached hydrogen (secondary N) is 1. The summed E-state index contributed by atoms with van der Waals surface area (Å²) in [7, 11) is 0. The maximum absolute atomic E-state index is 12.2. The van der Waals surface area contributed by atoms with Crippen LogP contribution in [0.5, 0.6) is 0 Å². The number of aryl methyl sites for hydroxylation is 2. The van der Waals surface area contributed by atoms with E-state index in [4.69, 9.17) is 0 Å². The number of hydrogen-bond donors (Lipinski definition) is 1. The molecule has 2 aromatic rings. The number of Topliss-reactive ketones (excluding diaryl/α,β-unsaturated/α-hetero) is 1. The van der Waals surface area contributed by atoms with Crippen LogP contribution in [0.15, 0.2) is 18.2 Å². The van der Waals surface area contributed by atoms with E-state index in [2.05, 4.69) is 29.4 Å². The van der Waals surface area contributed by atoms with Crippen molar-refractivity contribution in [1.82, 2.24) is 10.2 Å². The van der Waals surface area contributed by atoms with Gasteiger partial charge in [-0.15, -0.1) is 10.2 Å². The van der Waals surface area contributed by atoms with E-state index < -0.39 is 0 Å². The van der Waals surface area contributed by atoms with Gasteiger partial charge in [0.2, 0.25) is 11.0 Å². The van der Waals surface area contributed by atoms with Crippen molar-refractivity contribution in [3.05, 3.63) is 39.9 Å². The first-order chi connectivity index (χ1) is 11.3. The number of nitrogens with zero attached hydrogens (tertiary/aromatic N) is 2. The molecule has 2 rings (SSSR count). The number of ketones is 1. The normalized spacial score (nSPS) is 10.9. The van der Waals surface area contributed by atoms with Crippen molar-refractivity contribution in [2.24, 2.45) is 5.92 Å². The molecule has 0 aliphatic carbocycles. The molecule has 0 spiro atoms. The van der Waals surface area contributed by atoms with Crippen molar-refractivity contribution in [2.75, 3.05) is 5.32 Å².